The Morgan fingerprint density at radius 2 is 1.78 bits per heavy atom. The molecule has 0 unspecified atom stereocenters. The Labute approximate surface area is 131 Å². The molecule has 3 rings (SSSR count). The second-order valence-corrected chi connectivity index (χ2v) is 6.83. The molecule has 0 saturated carbocycles. The highest BCUT2D eigenvalue weighted by Crippen LogP contribution is 2.29. The summed E-state index contributed by atoms with van der Waals surface area (Å²) < 4.78 is 49.8. The van der Waals surface area contributed by atoms with Gasteiger partial charge < -0.3 is 5.32 Å². The second-order valence-electron chi connectivity index (χ2n) is 5.03. The summed E-state index contributed by atoms with van der Waals surface area (Å²) in [5, 5.41) is 3.56. The molecule has 0 aliphatic carbocycles. The number of benzene rings is 2. The third-order valence-electron chi connectivity index (χ3n) is 3.41. The van der Waals surface area contributed by atoms with Gasteiger partial charge in [-0.25, -0.2) is 17.2 Å². The molecule has 0 fully saturated rings. The smallest absolute Gasteiger partial charge is 0.252 e. The average molecular weight is 335 g/mol. The monoisotopic (exact) mass is 335 g/mol. The Hall–Kier alpha value is -2.54. The number of halogens is 2. The van der Waals surface area contributed by atoms with Crippen molar-refractivity contribution in [1.82, 2.24) is 5.32 Å². The van der Waals surface area contributed by atoms with Crippen molar-refractivity contribution in [3.05, 3.63) is 70.1 Å². The minimum absolute atomic E-state index is 0.0713. The fourth-order valence-electron chi connectivity index (χ4n) is 2.38. The first-order valence-corrected chi connectivity index (χ1v) is 8.21. The van der Waals surface area contributed by atoms with E-state index in [0.29, 0.717) is 5.56 Å². The first kappa shape index (κ1) is 15.4. The molecule has 1 heterocycles. The summed E-state index contributed by atoms with van der Waals surface area (Å²) in [5.41, 5.74) is 0.777. The van der Waals surface area contributed by atoms with E-state index >= 15 is 0 Å². The summed E-state index contributed by atoms with van der Waals surface area (Å²) in [5.74, 6) is -1.99. The van der Waals surface area contributed by atoms with Crippen LogP contribution in [0.2, 0.25) is 0 Å². The van der Waals surface area contributed by atoms with Gasteiger partial charge in [0.2, 0.25) is 0 Å². The van der Waals surface area contributed by atoms with Gasteiger partial charge in [-0.3, -0.25) is 4.79 Å². The van der Waals surface area contributed by atoms with Crippen LogP contribution in [0.5, 0.6) is 0 Å². The average Bonchev–Trinajstić information content (AvgIpc) is 2.80. The van der Waals surface area contributed by atoms with Crippen LogP contribution >= 0.6 is 0 Å². The molecule has 4 nitrogen and oxygen atoms in total. The zero-order valence-corrected chi connectivity index (χ0v) is 12.5. The molecule has 2 aromatic rings. The van der Waals surface area contributed by atoms with E-state index in [1.807, 2.05) is 0 Å². The summed E-state index contributed by atoms with van der Waals surface area (Å²) >= 11 is 0. The molecule has 23 heavy (non-hydrogen) atoms. The number of nitrogens with one attached hydrogen (secondary N) is 1. The maximum atomic E-state index is 13.1. The van der Waals surface area contributed by atoms with Gasteiger partial charge in [-0.05, 0) is 35.9 Å². The van der Waals surface area contributed by atoms with Crippen LogP contribution in [0.3, 0.4) is 0 Å². The highest BCUT2D eigenvalue weighted by atomic mass is 32.2. The normalized spacial score (nSPS) is 14.5. The Kier molecular flexibility index (Phi) is 3.73. The van der Waals surface area contributed by atoms with Crippen LogP contribution in [0.15, 0.2) is 46.7 Å². The van der Waals surface area contributed by atoms with Crippen LogP contribution in [0.25, 0.3) is 6.08 Å². The first-order valence-electron chi connectivity index (χ1n) is 6.66. The number of hydrogen-bond donors (Lipinski definition) is 1. The van der Waals surface area contributed by atoms with Crippen molar-refractivity contribution in [2.24, 2.45) is 0 Å². The van der Waals surface area contributed by atoms with E-state index in [1.54, 1.807) is 0 Å². The lowest BCUT2D eigenvalue weighted by atomic mass is 10.1. The van der Waals surface area contributed by atoms with Gasteiger partial charge in [-0.15, -0.1) is 0 Å². The summed E-state index contributed by atoms with van der Waals surface area (Å²) in [6.07, 6.45) is 1.36. The number of hydrogen-bond acceptors (Lipinski definition) is 3. The van der Waals surface area contributed by atoms with Gasteiger partial charge in [0.05, 0.1) is 4.90 Å². The van der Waals surface area contributed by atoms with Gasteiger partial charge in [0.15, 0.2) is 9.84 Å². The minimum Gasteiger partial charge on any atom is -0.348 e. The molecule has 0 aromatic heterocycles. The SMILES string of the molecule is O=C(NCc1cc(F)cc(F)c1)c1cccc2c1C=CS2(=O)=O. The van der Waals surface area contributed by atoms with E-state index in [2.05, 4.69) is 5.32 Å². The van der Waals surface area contributed by atoms with Gasteiger partial charge >= 0.3 is 0 Å². The molecule has 0 spiro atoms. The minimum atomic E-state index is -3.50. The van der Waals surface area contributed by atoms with Crippen LogP contribution < -0.4 is 5.32 Å². The van der Waals surface area contributed by atoms with Crippen molar-refractivity contribution in [1.29, 1.82) is 0 Å². The van der Waals surface area contributed by atoms with Crippen LogP contribution in [0, 0.1) is 11.6 Å². The summed E-state index contributed by atoms with van der Waals surface area (Å²) in [4.78, 5) is 12.3. The molecule has 0 saturated heterocycles. The molecule has 0 bridgehead atoms. The fourth-order valence-corrected chi connectivity index (χ4v) is 3.60. The second kappa shape index (κ2) is 5.58. The first-order chi connectivity index (χ1) is 10.9. The van der Waals surface area contributed by atoms with Crippen LogP contribution in [-0.2, 0) is 16.4 Å². The molecule has 2 aromatic carbocycles. The lowest BCUT2D eigenvalue weighted by Crippen LogP contribution is -2.24. The number of carbonyl (C=O) groups excluding carboxylic acids is 1. The van der Waals surface area contributed by atoms with E-state index in [1.165, 1.54) is 24.3 Å². The number of fused-ring (bicyclic) bond motifs is 1. The molecule has 118 valence electrons. The van der Waals surface area contributed by atoms with E-state index in [9.17, 15) is 22.0 Å². The standard InChI is InChI=1S/C16H11F2NO3S/c17-11-6-10(7-12(18)8-11)9-19-16(20)14-2-1-3-15-13(14)4-5-23(15,21)22/h1-8H,9H2,(H,19,20). The molecule has 1 aliphatic rings. The van der Waals surface area contributed by atoms with Crippen LogP contribution in [0.1, 0.15) is 21.5 Å². The van der Waals surface area contributed by atoms with E-state index in [0.717, 1.165) is 23.6 Å². The van der Waals surface area contributed by atoms with Crippen molar-refractivity contribution in [3.63, 3.8) is 0 Å². The lowest BCUT2D eigenvalue weighted by Gasteiger charge is -2.09. The van der Waals surface area contributed by atoms with Crippen molar-refractivity contribution >= 4 is 21.8 Å². The quantitative estimate of drug-likeness (QED) is 0.938. The molecule has 7 heteroatoms. The molecular weight excluding hydrogens is 324 g/mol. The van der Waals surface area contributed by atoms with Gasteiger partial charge in [-0.2, -0.15) is 0 Å². The third kappa shape index (κ3) is 3.00. The Balaban J connectivity index is 1.83. The predicted octanol–water partition coefficient (Wildman–Crippen LogP) is 2.65. The van der Waals surface area contributed by atoms with Crippen molar-refractivity contribution in [2.75, 3.05) is 0 Å². The molecule has 1 N–H and O–H groups in total. The summed E-state index contributed by atoms with van der Waals surface area (Å²) in [7, 11) is -3.50. The Bertz CT molecular complexity index is 916. The Morgan fingerprint density at radius 3 is 2.48 bits per heavy atom. The number of carbonyl (C=O) groups is 1. The number of amides is 1. The molecule has 1 amide bonds. The van der Waals surface area contributed by atoms with Crippen LogP contribution in [-0.4, -0.2) is 14.3 Å². The fraction of sp³-hybridized carbons (Fsp3) is 0.0625. The van der Waals surface area contributed by atoms with Gasteiger partial charge in [0, 0.05) is 29.1 Å². The molecular formula is C16H11F2NO3S. The van der Waals surface area contributed by atoms with Crippen molar-refractivity contribution in [3.8, 4) is 0 Å². The summed E-state index contributed by atoms with van der Waals surface area (Å²) in [6.45, 7) is -0.0757. The zero-order chi connectivity index (χ0) is 16.6. The molecule has 0 atom stereocenters. The predicted molar refractivity (Wildman–Crippen MR) is 80.2 cm³/mol. The Morgan fingerprint density at radius 1 is 1.09 bits per heavy atom. The molecule has 1 aliphatic heterocycles. The molecule has 0 radical (unpaired) electrons. The van der Waals surface area contributed by atoms with Gasteiger partial charge in [0.25, 0.3) is 5.91 Å². The van der Waals surface area contributed by atoms with E-state index < -0.39 is 27.4 Å². The maximum absolute atomic E-state index is 13.1. The number of sulfone groups is 1. The highest BCUT2D eigenvalue weighted by Gasteiger charge is 2.24. The van der Waals surface area contributed by atoms with Crippen molar-refractivity contribution in [2.45, 2.75) is 11.4 Å². The van der Waals surface area contributed by atoms with Crippen LogP contribution in [0.4, 0.5) is 8.78 Å². The van der Waals surface area contributed by atoms with Crippen molar-refractivity contribution < 1.29 is 22.0 Å². The van der Waals surface area contributed by atoms with Gasteiger partial charge in [0.1, 0.15) is 11.6 Å². The van der Waals surface area contributed by atoms with E-state index in [4.69, 9.17) is 0 Å². The largest absolute Gasteiger partial charge is 0.348 e. The maximum Gasteiger partial charge on any atom is 0.252 e. The van der Waals surface area contributed by atoms with E-state index in [-0.39, 0.29) is 22.6 Å². The highest BCUT2D eigenvalue weighted by molar-refractivity contribution is 7.94. The number of rotatable bonds is 3. The summed E-state index contributed by atoms with van der Waals surface area (Å²) in [6, 6.07) is 7.35. The van der Waals surface area contributed by atoms with Gasteiger partial charge in [-0.1, -0.05) is 6.07 Å². The zero-order valence-electron chi connectivity index (χ0n) is 11.7. The third-order valence-corrected chi connectivity index (χ3v) is 4.87. The topological polar surface area (TPSA) is 63.2 Å². The lowest BCUT2D eigenvalue weighted by molar-refractivity contribution is 0.0950.